The Morgan fingerprint density at radius 1 is 0.558 bits per heavy atom. The topological polar surface area (TPSA) is 23.4 Å². The molecular formula is C39H36BNO2. The molecule has 0 unspecified atom stereocenters. The Balaban J connectivity index is 1.36. The van der Waals surface area contributed by atoms with Crippen LogP contribution in [-0.2, 0) is 14.7 Å². The average Bonchev–Trinajstić information content (AvgIpc) is 3.54. The third kappa shape index (κ3) is 3.76. The van der Waals surface area contributed by atoms with Crippen LogP contribution in [0.15, 0.2) is 109 Å². The number of benzene rings is 5. The predicted octanol–water partition coefficient (Wildman–Crippen LogP) is 9.06. The predicted molar refractivity (Wildman–Crippen MR) is 179 cm³/mol. The van der Waals surface area contributed by atoms with E-state index in [1.54, 1.807) is 0 Å². The summed E-state index contributed by atoms with van der Waals surface area (Å²) in [6.07, 6.45) is 0. The van der Waals surface area contributed by atoms with Crippen LogP contribution in [0.4, 0.5) is 0 Å². The monoisotopic (exact) mass is 561 g/mol. The summed E-state index contributed by atoms with van der Waals surface area (Å²) >= 11 is 0. The van der Waals surface area contributed by atoms with Gasteiger partial charge in [0.05, 0.1) is 22.2 Å². The molecule has 4 heteroatoms. The molecule has 3 nitrogen and oxygen atoms in total. The van der Waals surface area contributed by atoms with Crippen LogP contribution in [0.5, 0.6) is 0 Å². The van der Waals surface area contributed by atoms with Crippen molar-refractivity contribution in [1.82, 2.24) is 4.57 Å². The van der Waals surface area contributed by atoms with Gasteiger partial charge >= 0.3 is 7.12 Å². The van der Waals surface area contributed by atoms with Crippen molar-refractivity contribution in [1.29, 1.82) is 0 Å². The molecule has 5 aromatic carbocycles. The SMILES string of the molecule is CC1(C)c2ccccc2-c2cc(-c3ccc4c(c3)c3c(B5OC(C)(C)C(C)(C)O5)cccc3n4-c3ccccc3)ccc21. The second-order valence-corrected chi connectivity index (χ2v) is 13.7. The smallest absolute Gasteiger partial charge is 0.399 e. The summed E-state index contributed by atoms with van der Waals surface area (Å²) < 4.78 is 15.6. The van der Waals surface area contributed by atoms with Crippen molar-refractivity contribution in [3.8, 4) is 27.9 Å². The fourth-order valence-corrected chi connectivity index (χ4v) is 7.20. The van der Waals surface area contributed by atoms with Crippen molar-refractivity contribution in [2.24, 2.45) is 0 Å². The molecule has 2 aliphatic rings. The van der Waals surface area contributed by atoms with E-state index in [-0.39, 0.29) is 5.41 Å². The van der Waals surface area contributed by atoms with Crippen LogP contribution in [0.2, 0.25) is 0 Å². The molecule has 2 heterocycles. The van der Waals surface area contributed by atoms with E-state index in [0.29, 0.717) is 0 Å². The number of para-hydroxylation sites is 1. The zero-order chi connectivity index (χ0) is 29.7. The number of hydrogen-bond acceptors (Lipinski definition) is 2. The maximum absolute atomic E-state index is 6.61. The molecular weight excluding hydrogens is 525 g/mol. The number of rotatable bonds is 3. The Morgan fingerprint density at radius 3 is 1.98 bits per heavy atom. The molecule has 0 amide bonds. The number of aromatic nitrogens is 1. The van der Waals surface area contributed by atoms with E-state index in [2.05, 4.69) is 155 Å². The van der Waals surface area contributed by atoms with Crippen LogP contribution in [0.3, 0.4) is 0 Å². The molecule has 0 saturated carbocycles. The largest absolute Gasteiger partial charge is 0.495 e. The van der Waals surface area contributed by atoms with Crippen LogP contribution in [0, 0.1) is 0 Å². The minimum Gasteiger partial charge on any atom is -0.399 e. The third-order valence-electron chi connectivity index (χ3n) is 10.3. The maximum atomic E-state index is 6.61. The van der Waals surface area contributed by atoms with Crippen LogP contribution in [0.1, 0.15) is 52.7 Å². The zero-order valence-corrected chi connectivity index (χ0v) is 25.7. The van der Waals surface area contributed by atoms with E-state index in [1.165, 1.54) is 49.7 Å². The van der Waals surface area contributed by atoms with Crippen LogP contribution >= 0.6 is 0 Å². The van der Waals surface area contributed by atoms with Crippen molar-refractivity contribution in [2.45, 2.75) is 58.2 Å². The third-order valence-corrected chi connectivity index (χ3v) is 10.3. The summed E-state index contributed by atoms with van der Waals surface area (Å²) in [7, 11) is -0.453. The molecule has 212 valence electrons. The maximum Gasteiger partial charge on any atom is 0.495 e. The lowest BCUT2D eigenvalue weighted by Crippen LogP contribution is -2.41. The Morgan fingerprint density at radius 2 is 1.21 bits per heavy atom. The summed E-state index contributed by atoms with van der Waals surface area (Å²) in [6.45, 7) is 13.1. The Kier molecular flexibility index (Phi) is 5.52. The standard InChI is InChI=1S/C39H36BNO2/c1-37(2)31-16-11-10-15-28(31)29-23-25(19-21-32(29)37)26-20-22-34-30(24-26)36-33(40-42-38(3,4)39(5,6)43-40)17-12-18-35(36)41(34)27-13-8-7-9-14-27/h7-24H,1-6H3. The molecule has 0 spiro atoms. The molecule has 43 heavy (non-hydrogen) atoms. The van der Waals surface area contributed by atoms with Crippen molar-refractivity contribution >= 4 is 34.4 Å². The van der Waals surface area contributed by atoms with Gasteiger partial charge in [0.15, 0.2) is 0 Å². The first-order valence-corrected chi connectivity index (χ1v) is 15.3. The summed E-state index contributed by atoms with van der Waals surface area (Å²) in [5.41, 5.74) is 11.6. The lowest BCUT2D eigenvalue weighted by Gasteiger charge is -2.32. The first-order valence-electron chi connectivity index (χ1n) is 15.3. The first-order chi connectivity index (χ1) is 20.6. The quantitative estimate of drug-likeness (QED) is 0.201. The number of nitrogens with zero attached hydrogens (tertiary/aromatic N) is 1. The molecule has 8 rings (SSSR count). The van der Waals surface area contributed by atoms with E-state index >= 15 is 0 Å². The molecule has 0 bridgehead atoms. The lowest BCUT2D eigenvalue weighted by atomic mass is 9.76. The average molecular weight is 562 g/mol. The Hall–Kier alpha value is -4.12. The highest BCUT2D eigenvalue weighted by molar-refractivity contribution is 6.66. The van der Waals surface area contributed by atoms with Gasteiger partial charge in [-0.3, -0.25) is 0 Å². The van der Waals surface area contributed by atoms with Crippen LogP contribution in [-0.4, -0.2) is 22.9 Å². The molecule has 1 aromatic heterocycles. The Labute approximate surface area is 254 Å². The van der Waals surface area contributed by atoms with Gasteiger partial charge < -0.3 is 13.9 Å². The summed E-state index contributed by atoms with van der Waals surface area (Å²) in [4.78, 5) is 0. The number of fused-ring (bicyclic) bond motifs is 6. The van der Waals surface area contributed by atoms with Gasteiger partial charge in [-0.25, -0.2) is 0 Å². The van der Waals surface area contributed by atoms with Gasteiger partial charge in [0.1, 0.15) is 0 Å². The molecule has 6 aromatic rings. The van der Waals surface area contributed by atoms with Gasteiger partial charge in [0.2, 0.25) is 0 Å². The molecule has 1 aliphatic heterocycles. The first kappa shape index (κ1) is 26.5. The van der Waals surface area contributed by atoms with Gasteiger partial charge in [-0.15, -0.1) is 0 Å². The molecule has 1 fully saturated rings. The van der Waals surface area contributed by atoms with Crippen molar-refractivity contribution in [3.63, 3.8) is 0 Å². The van der Waals surface area contributed by atoms with Crippen LogP contribution in [0.25, 0.3) is 49.7 Å². The molecule has 1 aliphatic carbocycles. The fraction of sp³-hybridized carbons (Fsp3) is 0.231. The summed E-state index contributed by atoms with van der Waals surface area (Å²) in [5, 5.41) is 2.37. The minimum absolute atomic E-state index is 0.00471. The van der Waals surface area contributed by atoms with Crippen molar-refractivity contribution in [3.05, 3.63) is 120 Å². The summed E-state index contributed by atoms with van der Waals surface area (Å²) in [6, 6.07) is 39.9. The molecule has 1 saturated heterocycles. The molecule has 0 atom stereocenters. The normalized spacial score (nSPS) is 17.9. The highest BCUT2D eigenvalue weighted by atomic mass is 16.7. The van der Waals surface area contributed by atoms with Gasteiger partial charge in [0.25, 0.3) is 0 Å². The van der Waals surface area contributed by atoms with Gasteiger partial charge in [-0.2, -0.15) is 0 Å². The van der Waals surface area contributed by atoms with Gasteiger partial charge in [0, 0.05) is 21.9 Å². The Bertz CT molecular complexity index is 2050. The second kappa shape index (κ2) is 8.95. The second-order valence-electron chi connectivity index (χ2n) is 13.7. The van der Waals surface area contributed by atoms with E-state index < -0.39 is 18.3 Å². The van der Waals surface area contributed by atoms with E-state index in [4.69, 9.17) is 9.31 Å². The van der Waals surface area contributed by atoms with Gasteiger partial charge in [-0.1, -0.05) is 86.6 Å². The van der Waals surface area contributed by atoms with Gasteiger partial charge in [-0.05, 0) is 103 Å². The van der Waals surface area contributed by atoms with Crippen LogP contribution < -0.4 is 5.46 Å². The van der Waals surface area contributed by atoms with E-state index in [0.717, 1.165) is 16.7 Å². The van der Waals surface area contributed by atoms with E-state index in [1.807, 2.05) is 0 Å². The summed E-state index contributed by atoms with van der Waals surface area (Å²) in [5.74, 6) is 0. The minimum atomic E-state index is -0.453. The zero-order valence-electron chi connectivity index (χ0n) is 25.7. The molecule has 0 N–H and O–H groups in total. The van der Waals surface area contributed by atoms with Crippen molar-refractivity contribution in [2.75, 3.05) is 0 Å². The highest BCUT2D eigenvalue weighted by Crippen LogP contribution is 2.49. The molecule has 0 radical (unpaired) electrons. The highest BCUT2D eigenvalue weighted by Gasteiger charge is 2.52. The van der Waals surface area contributed by atoms with E-state index in [9.17, 15) is 0 Å². The lowest BCUT2D eigenvalue weighted by molar-refractivity contribution is 0.00578. The van der Waals surface area contributed by atoms with Crippen molar-refractivity contribution < 1.29 is 9.31 Å². The fourth-order valence-electron chi connectivity index (χ4n) is 7.20. The number of hydrogen-bond donors (Lipinski definition) is 0.